The van der Waals surface area contributed by atoms with Crippen molar-refractivity contribution >= 4 is 35.0 Å². The molecule has 1 saturated heterocycles. The molecule has 0 radical (unpaired) electrons. The number of carbonyl (C=O) groups excluding carboxylic acids is 4. The highest BCUT2D eigenvalue weighted by molar-refractivity contribution is 6.31. The van der Waals surface area contributed by atoms with E-state index in [-0.39, 0.29) is 66.3 Å². The van der Waals surface area contributed by atoms with Crippen molar-refractivity contribution < 1.29 is 43.0 Å². The molecule has 4 atom stereocenters. The number of Topliss-reactive ketones (excluding diaryl/α,β-unsaturated/α-hetero) is 2. The fourth-order valence-corrected chi connectivity index (χ4v) is 9.92. The molecule has 2 N–H and O–H groups in total. The number of ether oxygens (including phenoxy) is 3. The number of halogens is 1. The molecule has 14 nitrogen and oxygen atoms in total. The number of nitrogens with zero attached hydrogens (tertiary/aromatic N) is 4. The second-order valence-electron chi connectivity index (χ2n) is 19.9. The number of benzene rings is 3. The van der Waals surface area contributed by atoms with Crippen molar-refractivity contribution in [2.75, 3.05) is 26.4 Å². The van der Waals surface area contributed by atoms with Crippen LogP contribution >= 0.6 is 11.6 Å². The van der Waals surface area contributed by atoms with Gasteiger partial charge in [0, 0.05) is 60.4 Å². The second kappa shape index (κ2) is 20.9. The summed E-state index contributed by atoms with van der Waals surface area (Å²) in [7, 11) is 0. The van der Waals surface area contributed by atoms with Crippen LogP contribution in [0.5, 0.6) is 11.5 Å². The molecule has 1 aromatic heterocycles. The molecule has 15 heteroatoms. The summed E-state index contributed by atoms with van der Waals surface area (Å²) in [6, 6.07) is 20.1. The van der Waals surface area contributed by atoms with Gasteiger partial charge in [0.1, 0.15) is 36.3 Å². The number of nitrogens with one attached hydrogen (secondary N) is 1. The summed E-state index contributed by atoms with van der Waals surface area (Å²) in [5, 5.41) is 26.9. The Morgan fingerprint density at radius 2 is 1.65 bits per heavy atom. The van der Waals surface area contributed by atoms with Crippen molar-refractivity contribution in [3.8, 4) is 29.0 Å². The van der Waals surface area contributed by atoms with Gasteiger partial charge in [0.15, 0.2) is 11.6 Å². The SMILES string of the molecule is C[C@H](CC(=O)[C@@H]1C[C@@H](O)CN1C(=O)[C@@H](NC(=O)COCCCCOc1ccc(C(=O)CC2C(C)(C)C(Oc3ccc(C#N)c(Cl)c3)C2(C)C)cc1)C(C)(C)C)c1ccc(-c2ncon2)cc1. The van der Waals surface area contributed by atoms with Crippen molar-refractivity contribution in [2.45, 2.75) is 118 Å². The lowest BCUT2D eigenvalue weighted by atomic mass is 9.44. The van der Waals surface area contributed by atoms with Crippen LogP contribution in [0.2, 0.25) is 5.02 Å². The maximum atomic E-state index is 14.0. The number of ketones is 2. The van der Waals surface area contributed by atoms with Gasteiger partial charge in [-0.05, 0) is 72.1 Å². The van der Waals surface area contributed by atoms with Crippen LogP contribution < -0.4 is 14.8 Å². The summed E-state index contributed by atoms with van der Waals surface area (Å²) in [6.07, 6.45) is 2.19. The van der Waals surface area contributed by atoms with Gasteiger partial charge in [0.25, 0.3) is 0 Å². The number of likely N-dealkylation sites (tertiary alicyclic amines) is 1. The molecular weight excluding hydrogens is 862 g/mol. The van der Waals surface area contributed by atoms with E-state index in [0.717, 1.165) is 11.1 Å². The molecule has 2 heterocycles. The topological polar surface area (TPSA) is 194 Å². The molecule has 2 amide bonds. The van der Waals surface area contributed by atoms with Gasteiger partial charge in [-0.25, -0.2) is 0 Å². The van der Waals surface area contributed by atoms with Crippen LogP contribution in [0.25, 0.3) is 11.4 Å². The lowest BCUT2D eigenvalue weighted by molar-refractivity contribution is -0.196. The maximum Gasteiger partial charge on any atom is 0.246 e. The van der Waals surface area contributed by atoms with E-state index in [9.17, 15) is 29.5 Å². The number of aliphatic hydroxyl groups excluding tert-OH is 1. The Morgan fingerprint density at radius 1 is 0.985 bits per heavy atom. The molecule has 0 bridgehead atoms. The van der Waals surface area contributed by atoms with Gasteiger partial charge in [-0.15, -0.1) is 0 Å². The molecule has 0 unspecified atom stereocenters. The third-order valence-electron chi connectivity index (χ3n) is 13.2. The third-order valence-corrected chi connectivity index (χ3v) is 13.5. The minimum Gasteiger partial charge on any atom is -0.494 e. The minimum absolute atomic E-state index is 0.000816. The average molecular weight is 925 g/mol. The van der Waals surface area contributed by atoms with Gasteiger partial charge in [-0.2, -0.15) is 10.2 Å². The number of amides is 2. The van der Waals surface area contributed by atoms with E-state index < -0.39 is 35.4 Å². The summed E-state index contributed by atoms with van der Waals surface area (Å²) in [5.41, 5.74) is 1.45. The quantitative estimate of drug-likeness (QED) is 0.0636. The standard InChI is InChI=1S/C51H62ClN5O9/c1-31(32-11-13-34(14-12-32)46-54-30-65-56-46)23-42(60)40-24-36(58)28-57(40)47(62)45(49(2,3)4)55-44(61)29-63-21-9-10-22-64-37-18-15-33(16-19-37)41(59)26-43-50(5,6)48(51(43,7)8)66-38-20-17-35(27-53)39(52)25-38/h11-20,25,30-31,36,40,43,45,48,58H,9-10,21-24,26,28-29H2,1-8H3,(H,55,61)/t31-,36-,40+,43?,45-,48?/m1/s1. The molecule has 3 aromatic carbocycles. The fraction of sp³-hybridized carbons (Fsp3) is 0.510. The molecule has 66 heavy (non-hydrogen) atoms. The van der Waals surface area contributed by atoms with Gasteiger partial charge in [-0.3, -0.25) is 19.2 Å². The first-order valence-corrected chi connectivity index (χ1v) is 23.0. The van der Waals surface area contributed by atoms with Crippen LogP contribution in [0.3, 0.4) is 0 Å². The molecule has 0 spiro atoms. The van der Waals surface area contributed by atoms with Crippen molar-refractivity contribution in [1.29, 1.82) is 5.26 Å². The van der Waals surface area contributed by atoms with E-state index in [2.05, 4.69) is 49.2 Å². The van der Waals surface area contributed by atoms with Crippen LogP contribution in [0, 0.1) is 33.5 Å². The van der Waals surface area contributed by atoms with E-state index in [1.165, 1.54) is 11.3 Å². The van der Waals surface area contributed by atoms with E-state index in [4.69, 9.17) is 30.3 Å². The predicted molar refractivity (Wildman–Crippen MR) is 248 cm³/mol. The lowest BCUT2D eigenvalue weighted by Gasteiger charge is -2.63. The van der Waals surface area contributed by atoms with E-state index in [0.29, 0.717) is 65.9 Å². The van der Waals surface area contributed by atoms with Crippen molar-refractivity contribution in [2.24, 2.45) is 22.2 Å². The average Bonchev–Trinajstić information content (AvgIpc) is 3.96. The first-order valence-electron chi connectivity index (χ1n) is 22.6. The van der Waals surface area contributed by atoms with Crippen LogP contribution in [0.15, 0.2) is 77.6 Å². The summed E-state index contributed by atoms with van der Waals surface area (Å²) in [6.45, 7) is 16.4. The largest absolute Gasteiger partial charge is 0.494 e. The summed E-state index contributed by atoms with van der Waals surface area (Å²) in [5.74, 6) is 0.630. The zero-order valence-electron chi connectivity index (χ0n) is 39.1. The Hall–Kier alpha value is -5.62. The maximum absolute atomic E-state index is 14.0. The lowest BCUT2D eigenvalue weighted by Crippen LogP contribution is -2.66. The number of hydrogen-bond acceptors (Lipinski definition) is 12. The molecule has 2 aliphatic rings. The fourth-order valence-electron chi connectivity index (χ4n) is 9.71. The molecule has 1 aliphatic carbocycles. The van der Waals surface area contributed by atoms with Crippen LogP contribution in [0.1, 0.15) is 115 Å². The smallest absolute Gasteiger partial charge is 0.246 e. The number of β-amino-alcohol motifs (C(OH)–C–C–N with tert-alkyl or cyclic N) is 1. The Morgan fingerprint density at radius 3 is 2.27 bits per heavy atom. The van der Waals surface area contributed by atoms with Crippen LogP contribution in [0.4, 0.5) is 0 Å². The van der Waals surface area contributed by atoms with Gasteiger partial charge < -0.3 is 34.1 Å². The van der Waals surface area contributed by atoms with Crippen LogP contribution in [-0.2, 0) is 19.1 Å². The Bertz CT molecular complexity index is 2360. The highest BCUT2D eigenvalue weighted by Crippen LogP contribution is 2.61. The number of aliphatic hydroxyl groups is 1. The number of carbonyl (C=O) groups is 4. The monoisotopic (exact) mass is 923 g/mol. The molecule has 352 valence electrons. The Balaban J connectivity index is 0.903. The summed E-state index contributed by atoms with van der Waals surface area (Å²) >= 11 is 6.24. The third kappa shape index (κ3) is 11.7. The molecule has 1 saturated carbocycles. The predicted octanol–water partition coefficient (Wildman–Crippen LogP) is 8.40. The zero-order valence-corrected chi connectivity index (χ0v) is 39.9. The number of rotatable bonds is 20. The number of hydrogen-bond donors (Lipinski definition) is 2. The minimum atomic E-state index is -0.954. The first-order chi connectivity index (χ1) is 31.2. The second-order valence-corrected chi connectivity index (χ2v) is 20.3. The van der Waals surface area contributed by atoms with Crippen molar-refractivity contribution in [3.63, 3.8) is 0 Å². The molecule has 2 fully saturated rings. The Labute approximate surface area is 392 Å². The molecule has 1 aliphatic heterocycles. The first kappa shape index (κ1) is 49.8. The van der Waals surface area contributed by atoms with Crippen molar-refractivity contribution in [3.05, 3.63) is 94.8 Å². The van der Waals surface area contributed by atoms with E-state index in [1.807, 2.05) is 52.0 Å². The normalized spacial score (nSPS) is 20.7. The summed E-state index contributed by atoms with van der Waals surface area (Å²) in [4.78, 5) is 59.8. The van der Waals surface area contributed by atoms with Gasteiger partial charge >= 0.3 is 0 Å². The number of aromatic nitrogens is 2. The highest BCUT2D eigenvalue weighted by Gasteiger charge is 2.63. The summed E-state index contributed by atoms with van der Waals surface area (Å²) < 4.78 is 22.8. The highest BCUT2D eigenvalue weighted by atomic mass is 35.5. The Kier molecular flexibility index (Phi) is 15.8. The van der Waals surface area contributed by atoms with Gasteiger partial charge in [-0.1, -0.05) is 96.4 Å². The van der Waals surface area contributed by atoms with E-state index >= 15 is 0 Å². The molecular formula is C51H62ClN5O9. The molecule has 6 rings (SSSR count). The number of unbranched alkanes of at least 4 members (excludes halogenated alkanes) is 1. The molecule has 4 aromatic rings. The zero-order chi connectivity index (χ0) is 48.0. The number of nitriles is 1. The van der Waals surface area contributed by atoms with Gasteiger partial charge in [0.2, 0.25) is 24.0 Å². The van der Waals surface area contributed by atoms with Gasteiger partial charge in [0.05, 0.1) is 29.3 Å². The van der Waals surface area contributed by atoms with Crippen LogP contribution in [-0.4, -0.2) is 94.2 Å². The van der Waals surface area contributed by atoms with Crippen molar-refractivity contribution in [1.82, 2.24) is 20.4 Å². The van der Waals surface area contributed by atoms with E-state index in [1.54, 1.807) is 42.5 Å².